The molecule has 0 amide bonds. The summed E-state index contributed by atoms with van der Waals surface area (Å²) >= 11 is 1.36. The summed E-state index contributed by atoms with van der Waals surface area (Å²) in [4.78, 5) is 0. The van der Waals surface area contributed by atoms with Gasteiger partial charge in [0.05, 0.1) is 0 Å². The Hall–Kier alpha value is -1.96. The number of halogens is 2. The van der Waals surface area contributed by atoms with Crippen LogP contribution in [0.15, 0.2) is 120 Å². The molecule has 39 heavy (non-hydrogen) atoms. The van der Waals surface area contributed by atoms with E-state index in [0.29, 0.717) is 0 Å². The van der Waals surface area contributed by atoms with Gasteiger partial charge in [0.1, 0.15) is 0 Å². The summed E-state index contributed by atoms with van der Waals surface area (Å²) in [6, 6.07) is 29.1. The number of fused-ring (bicyclic) bond motifs is 2. The zero-order valence-electron chi connectivity index (χ0n) is 23.0. The molecule has 0 fully saturated rings. The maximum absolute atomic E-state index is 3.61. The predicted molar refractivity (Wildman–Crippen MR) is 172 cm³/mol. The van der Waals surface area contributed by atoms with Crippen LogP contribution in [0.25, 0.3) is 11.6 Å². The number of aryl methyl sites for hydroxylation is 1. The Bertz CT molecular complexity index is 1410. The topological polar surface area (TPSA) is 0 Å². The van der Waals surface area contributed by atoms with Crippen LogP contribution in [-0.4, -0.2) is 6.88 Å². The normalized spacial score (nSPS) is 19.4. The molecular weight excluding hydrogens is 611 g/mol. The first-order chi connectivity index (χ1) is 17.2. The molecule has 0 nitrogen and oxygen atoms in total. The van der Waals surface area contributed by atoms with Gasteiger partial charge in [0.2, 0.25) is 0 Å². The van der Waals surface area contributed by atoms with Crippen molar-refractivity contribution in [2.45, 2.75) is 31.6 Å². The Morgan fingerprint density at radius 2 is 1.49 bits per heavy atom. The second-order valence-electron chi connectivity index (χ2n) is 9.25. The van der Waals surface area contributed by atoms with Crippen LogP contribution < -0.4 is 0 Å². The van der Waals surface area contributed by atoms with Gasteiger partial charge in [0.25, 0.3) is 0 Å². The van der Waals surface area contributed by atoms with E-state index in [9.17, 15) is 0 Å². The van der Waals surface area contributed by atoms with Gasteiger partial charge in [-0.2, -0.15) is 11.6 Å². The van der Waals surface area contributed by atoms with Gasteiger partial charge >= 0.3 is 30.2 Å². The summed E-state index contributed by atoms with van der Waals surface area (Å²) in [5, 5.41) is 0. The van der Waals surface area contributed by atoms with Crippen LogP contribution in [0.4, 0.5) is 0 Å². The van der Waals surface area contributed by atoms with Gasteiger partial charge < -0.3 is 14.9 Å². The summed E-state index contributed by atoms with van der Waals surface area (Å²) in [5.41, 5.74) is 11.6. The fourth-order valence-corrected chi connectivity index (χ4v) is 5.85. The molecule has 0 aromatic heterocycles. The third-order valence-corrected chi connectivity index (χ3v) is 7.38. The van der Waals surface area contributed by atoms with Crippen molar-refractivity contribution < 1.29 is 23.3 Å². The van der Waals surface area contributed by atoms with E-state index in [-0.39, 0.29) is 51.0 Å². The third-order valence-electron chi connectivity index (χ3n) is 7.38. The molecule has 3 aromatic rings. The maximum atomic E-state index is 3.61. The second kappa shape index (κ2) is 15.2. The van der Waals surface area contributed by atoms with E-state index in [2.05, 4.69) is 136 Å². The first kappa shape index (κ1) is 35.1. The standard InChI is InChI=1S/C33H27.2CH3.2ClH.Si.Zr/c1-3-24-15-17-25(18-16-24)30-22-26-10-7-8-14-29(26)32(30)33(28-12-5-4-6-13-28)19-9-11-27-20-23(2)21-31(27)33;;;;;;/h4-19,21-22,32H,3H2,1-2H3;2*1H3;2*1H;;/q3*-1;;;;. The van der Waals surface area contributed by atoms with E-state index in [0.717, 1.165) is 6.42 Å². The molecule has 0 aliphatic heterocycles. The monoisotopic (exact) mass is 643 g/mol. The zero-order chi connectivity index (χ0) is 24.4. The Balaban J connectivity index is 0.00000124. The molecule has 200 valence electrons. The average Bonchev–Trinajstić information content (AvgIpc) is 3.51. The van der Waals surface area contributed by atoms with Gasteiger partial charge in [0.15, 0.2) is 0 Å². The van der Waals surface area contributed by atoms with Crippen molar-refractivity contribution in [2.24, 2.45) is 0 Å². The molecule has 2 atom stereocenters. The summed E-state index contributed by atoms with van der Waals surface area (Å²) < 4.78 is 0. The fourth-order valence-electron chi connectivity index (χ4n) is 5.85. The number of hydrogen-bond acceptors (Lipinski definition) is 0. The van der Waals surface area contributed by atoms with Crippen molar-refractivity contribution in [1.29, 1.82) is 0 Å². The number of benzene rings is 3. The second-order valence-corrected chi connectivity index (χ2v) is 9.25. The van der Waals surface area contributed by atoms with E-state index >= 15 is 0 Å². The van der Waals surface area contributed by atoms with E-state index in [1.165, 1.54) is 73.4 Å². The van der Waals surface area contributed by atoms with Crippen LogP contribution in [0.1, 0.15) is 47.6 Å². The van der Waals surface area contributed by atoms with Gasteiger partial charge in [0, 0.05) is 11.3 Å². The number of rotatable bonds is 4. The van der Waals surface area contributed by atoms with Crippen molar-refractivity contribution in [3.63, 3.8) is 0 Å². The fraction of sp³-hybridized carbons (Fsp3) is 0.143. The molecular formula is C35H35Cl2SiZr-3. The summed E-state index contributed by atoms with van der Waals surface area (Å²) in [6.45, 7) is 7.43. The predicted octanol–water partition coefficient (Wildman–Crippen LogP) is 9.37. The summed E-state index contributed by atoms with van der Waals surface area (Å²) in [5.74, 6) is 0.183. The molecule has 3 aliphatic rings. The summed E-state index contributed by atoms with van der Waals surface area (Å²) in [7, 11) is 0. The van der Waals surface area contributed by atoms with Gasteiger partial charge in [-0.3, -0.25) is 0 Å². The van der Waals surface area contributed by atoms with Crippen molar-refractivity contribution in [1.82, 2.24) is 0 Å². The Morgan fingerprint density at radius 1 is 0.846 bits per heavy atom. The van der Waals surface area contributed by atoms with E-state index in [1.54, 1.807) is 0 Å². The van der Waals surface area contributed by atoms with Gasteiger partial charge in [-0.05, 0) is 39.8 Å². The third kappa shape index (κ3) is 6.20. The molecule has 0 N–H and O–H groups in total. The van der Waals surface area contributed by atoms with Crippen LogP contribution in [0.2, 0.25) is 0 Å². The van der Waals surface area contributed by atoms with Gasteiger partial charge in [-0.1, -0.05) is 105 Å². The molecule has 4 heteroatoms. The van der Waals surface area contributed by atoms with Crippen LogP contribution >= 0.6 is 24.8 Å². The van der Waals surface area contributed by atoms with Gasteiger partial charge in [-0.25, -0.2) is 0 Å². The van der Waals surface area contributed by atoms with E-state index < -0.39 is 0 Å². The molecule has 0 spiro atoms. The first-order valence-corrected chi connectivity index (χ1v) is 16.3. The van der Waals surface area contributed by atoms with Crippen molar-refractivity contribution in [3.8, 4) is 0 Å². The van der Waals surface area contributed by atoms with Crippen molar-refractivity contribution in [2.75, 3.05) is 0 Å². The molecule has 2 radical (unpaired) electrons. The van der Waals surface area contributed by atoms with Crippen LogP contribution in [-0.2, 0) is 35.2 Å². The van der Waals surface area contributed by atoms with E-state index in [1.807, 2.05) is 0 Å². The van der Waals surface area contributed by atoms with Gasteiger partial charge in [-0.15, -0.1) is 54.2 Å². The molecule has 0 saturated heterocycles. The summed E-state index contributed by atoms with van der Waals surface area (Å²) in [6.07, 6.45) is 16.3. The molecule has 3 aromatic carbocycles. The van der Waals surface area contributed by atoms with Crippen molar-refractivity contribution >= 4 is 43.3 Å². The minimum absolute atomic E-state index is 0. The Morgan fingerprint density at radius 3 is 2.15 bits per heavy atom. The minimum atomic E-state index is -0.294. The molecule has 2 unspecified atom stereocenters. The number of allylic oxidation sites excluding steroid dienone is 9. The van der Waals surface area contributed by atoms with Crippen molar-refractivity contribution in [3.05, 3.63) is 169 Å². The van der Waals surface area contributed by atoms with Crippen LogP contribution in [0, 0.1) is 20.9 Å². The first-order valence-electron chi connectivity index (χ1n) is 12.1. The Labute approximate surface area is 265 Å². The van der Waals surface area contributed by atoms with E-state index in [4.69, 9.17) is 0 Å². The van der Waals surface area contributed by atoms with Crippen LogP contribution in [0.5, 0.6) is 0 Å². The average molecular weight is 646 g/mol. The molecule has 0 saturated carbocycles. The molecule has 0 heterocycles. The quantitative estimate of drug-likeness (QED) is 0.196. The zero-order valence-corrected chi connectivity index (χ0v) is 28.1. The number of hydrogen-bond donors (Lipinski definition) is 0. The molecule has 3 aliphatic carbocycles. The molecule has 6 rings (SSSR count). The SMILES string of the molecule is CCc1ccc(C2=Cc3ccccc3C2C2(c3ccccc3)C=CC=C3[C-]=C(C)C=C32)cc1.Cl.Cl.[CH3-].[CH3-].[Si]=[Zr]. The Kier molecular flexibility index (Phi) is 13.6. The van der Waals surface area contributed by atoms with Crippen LogP contribution in [0.3, 0.4) is 0 Å². The molecule has 0 bridgehead atoms.